The molecule has 8 heteroatoms. The van der Waals surface area contributed by atoms with Crippen LogP contribution in [0.5, 0.6) is 23.0 Å². The van der Waals surface area contributed by atoms with Gasteiger partial charge in [0.15, 0.2) is 17.6 Å². The number of hydrogen-bond donors (Lipinski definition) is 1. The normalized spacial score (nSPS) is 14.8. The largest absolute Gasteiger partial charge is 0.497 e. The lowest BCUT2D eigenvalue weighted by molar-refractivity contribution is 0.0899. The van der Waals surface area contributed by atoms with Crippen LogP contribution >= 0.6 is 11.3 Å². The SMILES string of the molecule is COc1ccc(OC)c(CCNC(=O)c2csc(C3COc4ccccc4O3)n2)c1. The van der Waals surface area contributed by atoms with E-state index in [1.165, 1.54) is 11.3 Å². The Balaban J connectivity index is 1.35. The van der Waals surface area contributed by atoms with Gasteiger partial charge in [-0.2, -0.15) is 0 Å². The van der Waals surface area contributed by atoms with Crippen LogP contribution in [0.2, 0.25) is 0 Å². The van der Waals surface area contributed by atoms with Gasteiger partial charge in [0.1, 0.15) is 28.8 Å². The molecule has 0 radical (unpaired) electrons. The minimum absolute atomic E-state index is 0.225. The second-order valence-electron chi connectivity index (χ2n) is 6.62. The van der Waals surface area contributed by atoms with E-state index < -0.39 is 0 Å². The zero-order valence-corrected chi connectivity index (χ0v) is 17.5. The average molecular weight is 426 g/mol. The molecule has 1 aliphatic rings. The maximum Gasteiger partial charge on any atom is 0.270 e. The Morgan fingerprint density at radius 3 is 2.83 bits per heavy atom. The lowest BCUT2D eigenvalue weighted by Gasteiger charge is -2.24. The molecule has 30 heavy (non-hydrogen) atoms. The van der Waals surface area contributed by atoms with Gasteiger partial charge < -0.3 is 24.3 Å². The summed E-state index contributed by atoms with van der Waals surface area (Å²) >= 11 is 1.39. The number of nitrogens with one attached hydrogen (secondary N) is 1. The highest BCUT2D eigenvalue weighted by atomic mass is 32.1. The number of nitrogens with zero attached hydrogens (tertiary/aromatic N) is 1. The molecule has 0 bridgehead atoms. The number of aromatic nitrogens is 1. The third-order valence-electron chi connectivity index (χ3n) is 4.71. The number of ether oxygens (including phenoxy) is 4. The van der Waals surface area contributed by atoms with Crippen molar-refractivity contribution in [3.8, 4) is 23.0 Å². The second kappa shape index (κ2) is 9.04. The van der Waals surface area contributed by atoms with Crippen LogP contribution in [0.1, 0.15) is 27.2 Å². The highest BCUT2D eigenvalue weighted by Crippen LogP contribution is 2.36. The van der Waals surface area contributed by atoms with Gasteiger partial charge in [-0.1, -0.05) is 12.1 Å². The molecule has 0 saturated carbocycles. The molecule has 1 unspecified atom stereocenters. The standard InChI is InChI=1S/C22H22N2O5S/c1-26-15-7-8-17(27-2)14(11-15)9-10-23-21(25)16-13-30-22(24-16)20-12-28-18-5-3-4-6-19(18)29-20/h3-8,11,13,20H,9-10,12H2,1-2H3,(H,23,25). The molecule has 0 spiro atoms. The Bertz CT molecular complexity index is 1040. The van der Waals surface area contributed by atoms with Gasteiger partial charge in [-0.25, -0.2) is 4.98 Å². The molecule has 4 rings (SSSR count). The van der Waals surface area contributed by atoms with Crippen molar-refractivity contribution in [3.63, 3.8) is 0 Å². The number of methoxy groups -OCH3 is 2. The van der Waals surface area contributed by atoms with Crippen molar-refractivity contribution in [2.24, 2.45) is 0 Å². The van der Waals surface area contributed by atoms with Crippen molar-refractivity contribution in [2.45, 2.75) is 12.5 Å². The second-order valence-corrected chi connectivity index (χ2v) is 7.51. The number of thiazole rings is 1. The number of amides is 1. The van der Waals surface area contributed by atoms with Crippen molar-refractivity contribution in [3.05, 3.63) is 64.1 Å². The lowest BCUT2D eigenvalue weighted by Crippen LogP contribution is -2.26. The van der Waals surface area contributed by atoms with E-state index in [-0.39, 0.29) is 12.0 Å². The van der Waals surface area contributed by atoms with E-state index >= 15 is 0 Å². The molecular weight excluding hydrogens is 404 g/mol. The fourth-order valence-corrected chi connectivity index (χ4v) is 3.97. The van der Waals surface area contributed by atoms with E-state index in [2.05, 4.69) is 10.3 Å². The highest BCUT2D eigenvalue weighted by molar-refractivity contribution is 7.09. The van der Waals surface area contributed by atoms with Gasteiger partial charge in [0.05, 0.1) is 14.2 Å². The van der Waals surface area contributed by atoms with Crippen LogP contribution in [0.15, 0.2) is 47.8 Å². The van der Waals surface area contributed by atoms with Gasteiger partial charge in [-0.15, -0.1) is 11.3 Å². The predicted octanol–water partition coefficient (Wildman–Crippen LogP) is 3.65. The molecule has 2 aromatic carbocycles. The number of benzene rings is 2. The van der Waals surface area contributed by atoms with Crippen molar-refractivity contribution in [2.75, 3.05) is 27.4 Å². The molecule has 0 fully saturated rings. The van der Waals surface area contributed by atoms with Crippen LogP contribution in [0, 0.1) is 0 Å². The third kappa shape index (κ3) is 4.33. The molecule has 0 aliphatic carbocycles. The smallest absolute Gasteiger partial charge is 0.270 e. The Morgan fingerprint density at radius 2 is 2.03 bits per heavy atom. The van der Waals surface area contributed by atoms with E-state index in [0.717, 1.165) is 22.8 Å². The Hall–Kier alpha value is -3.26. The van der Waals surface area contributed by atoms with Gasteiger partial charge in [-0.3, -0.25) is 4.79 Å². The van der Waals surface area contributed by atoms with Crippen molar-refractivity contribution < 1.29 is 23.7 Å². The first-order chi connectivity index (χ1) is 14.7. The summed E-state index contributed by atoms with van der Waals surface area (Å²) in [7, 11) is 3.24. The predicted molar refractivity (Wildman–Crippen MR) is 113 cm³/mol. The van der Waals surface area contributed by atoms with Gasteiger partial charge >= 0.3 is 0 Å². The summed E-state index contributed by atoms with van der Waals surface area (Å²) in [4.78, 5) is 17.0. The first-order valence-corrected chi connectivity index (χ1v) is 10.4. The molecule has 1 N–H and O–H groups in total. The summed E-state index contributed by atoms with van der Waals surface area (Å²) in [6.07, 6.45) is 0.284. The van der Waals surface area contributed by atoms with Crippen LogP contribution in [-0.4, -0.2) is 38.3 Å². The molecule has 1 aromatic heterocycles. The van der Waals surface area contributed by atoms with E-state index in [1.807, 2.05) is 42.5 Å². The Morgan fingerprint density at radius 1 is 1.20 bits per heavy atom. The summed E-state index contributed by atoms with van der Waals surface area (Å²) in [5, 5.41) is 5.35. The van der Waals surface area contributed by atoms with Crippen molar-refractivity contribution in [1.82, 2.24) is 10.3 Å². The maximum absolute atomic E-state index is 12.5. The molecule has 156 valence electrons. The molecule has 1 amide bonds. The number of carbonyl (C=O) groups is 1. The van der Waals surface area contributed by atoms with Crippen LogP contribution in [-0.2, 0) is 6.42 Å². The zero-order chi connectivity index (χ0) is 20.9. The minimum atomic E-state index is -0.326. The molecule has 3 aromatic rings. The average Bonchev–Trinajstić information content (AvgIpc) is 3.29. The number of carbonyl (C=O) groups excluding carboxylic acids is 1. The number of fused-ring (bicyclic) bond motifs is 1. The van der Waals surface area contributed by atoms with Gasteiger partial charge in [0, 0.05) is 11.9 Å². The molecule has 1 aliphatic heterocycles. The number of hydrogen-bond acceptors (Lipinski definition) is 7. The van der Waals surface area contributed by atoms with E-state index in [4.69, 9.17) is 18.9 Å². The van der Waals surface area contributed by atoms with Crippen molar-refractivity contribution in [1.29, 1.82) is 0 Å². The fraction of sp³-hybridized carbons (Fsp3) is 0.273. The quantitative estimate of drug-likeness (QED) is 0.621. The topological polar surface area (TPSA) is 78.9 Å². The van der Waals surface area contributed by atoms with Crippen molar-refractivity contribution >= 4 is 17.2 Å². The van der Waals surface area contributed by atoms with E-state index in [1.54, 1.807) is 19.6 Å². The van der Waals surface area contributed by atoms with Crippen LogP contribution < -0.4 is 24.3 Å². The van der Waals surface area contributed by atoms with Gasteiger partial charge in [0.25, 0.3) is 5.91 Å². The van der Waals surface area contributed by atoms with E-state index in [0.29, 0.717) is 36.0 Å². The summed E-state index contributed by atoms with van der Waals surface area (Å²) in [6, 6.07) is 13.1. The highest BCUT2D eigenvalue weighted by Gasteiger charge is 2.25. The monoisotopic (exact) mass is 426 g/mol. The molecule has 7 nitrogen and oxygen atoms in total. The first kappa shape index (κ1) is 20.0. The third-order valence-corrected chi connectivity index (χ3v) is 5.64. The number of rotatable bonds is 7. The minimum Gasteiger partial charge on any atom is -0.497 e. The van der Waals surface area contributed by atoms with Crippen LogP contribution in [0.25, 0.3) is 0 Å². The molecule has 2 heterocycles. The van der Waals surface area contributed by atoms with E-state index in [9.17, 15) is 4.79 Å². The zero-order valence-electron chi connectivity index (χ0n) is 16.7. The molecule has 0 saturated heterocycles. The molecule has 1 atom stereocenters. The fourth-order valence-electron chi connectivity index (χ4n) is 3.16. The lowest BCUT2D eigenvalue weighted by atomic mass is 10.1. The maximum atomic E-state index is 12.5. The van der Waals surface area contributed by atoms with Gasteiger partial charge in [0.2, 0.25) is 0 Å². The Kier molecular flexibility index (Phi) is 6.04. The number of para-hydroxylation sites is 2. The summed E-state index contributed by atoms with van der Waals surface area (Å²) in [5.74, 6) is 2.68. The first-order valence-electron chi connectivity index (χ1n) is 9.51. The van der Waals surface area contributed by atoms with Crippen LogP contribution in [0.4, 0.5) is 0 Å². The molecular formula is C22H22N2O5S. The summed E-state index contributed by atoms with van der Waals surface area (Å²) in [5.41, 5.74) is 1.33. The van der Waals surface area contributed by atoms with Crippen LogP contribution in [0.3, 0.4) is 0 Å². The Labute approximate surface area is 178 Å². The summed E-state index contributed by atoms with van der Waals surface area (Å²) in [6.45, 7) is 0.812. The van der Waals surface area contributed by atoms with Gasteiger partial charge in [-0.05, 0) is 42.3 Å². The summed E-state index contributed by atoms with van der Waals surface area (Å²) < 4.78 is 22.3.